The van der Waals surface area contributed by atoms with Crippen LogP contribution in [0.5, 0.6) is 0 Å². The molecule has 0 amide bonds. The molecule has 0 aromatic heterocycles. The van der Waals surface area contributed by atoms with Gasteiger partial charge in [-0.2, -0.15) is 21.6 Å². The van der Waals surface area contributed by atoms with Crippen LogP contribution in [0.2, 0.25) is 0 Å². The standard InChI is InChI=1S/C9H13F3O5S2/c10-9(11,12)8(6-18(13,14)15)19(16,17)7-4-2-1-3-5-7/h6-7H,1-5H2,(H,13,14,15). The van der Waals surface area contributed by atoms with Crippen LogP contribution in [0, 0.1) is 0 Å². The van der Waals surface area contributed by atoms with Gasteiger partial charge in [-0.1, -0.05) is 19.3 Å². The van der Waals surface area contributed by atoms with Crippen LogP contribution in [0.1, 0.15) is 32.1 Å². The Labute approximate surface area is 109 Å². The number of hydrogen-bond donors (Lipinski definition) is 1. The number of rotatable bonds is 3. The van der Waals surface area contributed by atoms with Crippen molar-refractivity contribution in [3.05, 3.63) is 10.3 Å². The SMILES string of the molecule is O=S(=O)(O)C=C(C(F)(F)F)S(=O)(=O)C1CCCCC1. The lowest BCUT2D eigenvalue weighted by Gasteiger charge is -2.23. The van der Waals surface area contributed by atoms with E-state index in [9.17, 15) is 30.0 Å². The summed E-state index contributed by atoms with van der Waals surface area (Å²) in [4.78, 5) is -2.20. The molecule has 0 atom stereocenters. The smallest absolute Gasteiger partial charge is 0.282 e. The van der Waals surface area contributed by atoms with E-state index in [0.29, 0.717) is 12.8 Å². The average molecular weight is 322 g/mol. The molecule has 19 heavy (non-hydrogen) atoms. The number of halogens is 3. The highest BCUT2D eigenvalue weighted by Gasteiger charge is 2.47. The Morgan fingerprint density at radius 1 is 1.05 bits per heavy atom. The lowest BCUT2D eigenvalue weighted by Crippen LogP contribution is -2.31. The minimum Gasteiger partial charge on any atom is -0.282 e. The van der Waals surface area contributed by atoms with E-state index in [2.05, 4.69) is 0 Å². The second kappa shape index (κ2) is 5.41. The molecule has 1 fully saturated rings. The van der Waals surface area contributed by atoms with E-state index in [0.717, 1.165) is 6.42 Å². The summed E-state index contributed by atoms with van der Waals surface area (Å²) in [5.74, 6) is 0. The second-order valence-corrected chi connectivity index (χ2v) is 7.76. The van der Waals surface area contributed by atoms with Crippen molar-refractivity contribution < 1.29 is 34.6 Å². The Balaban J connectivity index is 3.29. The van der Waals surface area contributed by atoms with Gasteiger partial charge in [0.15, 0.2) is 14.7 Å². The van der Waals surface area contributed by atoms with Gasteiger partial charge in [0.05, 0.1) is 10.7 Å². The highest BCUT2D eigenvalue weighted by molar-refractivity contribution is 7.97. The third-order valence-electron chi connectivity index (χ3n) is 2.83. The van der Waals surface area contributed by atoms with Crippen LogP contribution in [-0.2, 0) is 20.0 Å². The molecule has 0 spiro atoms. The summed E-state index contributed by atoms with van der Waals surface area (Å²) in [5, 5.41) is -1.88. The molecular formula is C9H13F3O5S2. The van der Waals surface area contributed by atoms with E-state index in [4.69, 9.17) is 4.55 Å². The summed E-state index contributed by atoms with van der Waals surface area (Å²) in [6.07, 6.45) is -3.56. The first-order valence-electron chi connectivity index (χ1n) is 5.45. The second-order valence-electron chi connectivity index (χ2n) is 4.30. The lowest BCUT2D eigenvalue weighted by molar-refractivity contribution is -0.0844. The van der Waals surface area contributed by atoms with E-state index in [1.165, 1.54) is 0 Å². The third-order valence-corrected chi connectivity index (χ3v) is 5.83. The predicted octanol–water partition coefficient (Wildman–Crippen LogP) is 2.03. The Morgan fingerprint density at radius 3 is 1.89 bits per heavy atom. The fraction of sp³-hybridized carbons (Fsp3) is 0.778. The Bertz CT molecular complexity index is 553. The molecule has 0 unspecified atom stereocenters. The molecule has 0 aliphatic heterocycles. The van der Waals surface area contributed by atoms with Gasteiger partial charge in [0, 0.05) is 0 Å². The highest BCUT2D eigenvalue weighted by atomic mass is 32.2. The fourth-order valence-electron chi connectivity index (χ4n) is 1.99. The topological polar surface area (TPSA) is 88.5 Å². The van der Waals surface area contributed by atoms with Crippen LogP contribution in [0.15, 0.2) is 10.3 Å². The van der Waals surface area contributed by atoms with Gasteiger partial charge in [0.1, 0.15) is 0 Å². The van der Waals surface area contributed by atoms with Crippen molar-refractivity contribution in [3.63, 3.8) is 0 Å². The third kappa shape index (κ3) is 4.46. The molecule has 0 radical (unpaired) electrons. The van der Waals surface area contributed by atoms with Crippen LogP contribution < -0.4 is 0 Å². The van der Waals surface area contributed by atoms with Gasteiger partial charge in [0.2, 0.25) is 0 Å². The summed E-state index contributed by atoms with van der Waals surface area (Å²) in [6, 6.07) is 0. The molecule has 0 bridgehead atoms. The molecule has 0 aromatic carbocycles. The van der Waals surface area contributed by atoms with Gasteiger partial charge < -0.3 is 0 Å². The van der Waals surface area contributed by atoms with E-state index < -0.39 is 41.7 Å². The van der Waals surface area contributed by atoms with Crippen LogP contribution in [0.25, 0.3) is 0 Å². The van der Waals surface area contributed by atoms with E-state index in [-0.39, 0.29) is 12.8 Å². The van der Waals surface area contributed by atoms with Crippen molar-refractivity contribution >= 4 is 20.0 Å². The Kier molecular flexibility index (Phi) is 4.68. The lowest BCUT2D eigenvalue weighted by atomic mass is 10.0. The largest absolute Gasteiger partial charge is 0.427 e. The van der Waals surface area contributed by atoms with Crippen molar-refractivity contribution in [3.8, 4) is 0 Å². The van der Waals surface area contributed by atoms with Gasteiger partial charge in [-0.3, -0.25) is 4.55 Å². The minimum atomic E-state index is -5.36. The first kappa shape index (κ1) is 16.4. The quantitative estimate of drug-likeness (QED) is 0.803. The van der Waals surface area contributed by atoms with Gasteiger partial charge in [-0.25, -0.2) is 8.42 Å². The highest BCUT2D eigenvalue weighted by Crippen LogP contribution is 2.36. The molecule has 0 saturated heterocycles. The zero-order valence-corrected chi connectivity index (χ0v) is 11.4. The zero-order valence-electron chi connectivity index (χ0n) is 9.72. The van der Waals surface area contributed by atoms with E-state index >= 15 is 0 Å². The summed E-state index contributed by atoms with van der Waals surface area (Å²) < 4.78 is 91.2. The van der Waals surface area contributed by atoms with Crippen LogP contribution in [0.4, 0.5) is 13.2 Å². The van der Waals surface area contributed by atoms with Crippen molar-refractivity contribution in [2.24, 2.45) is 0 Å². The first-order valence-corrected chi connectivity index (χ1v) is 8.50. The molecule has 0 heterocycles. The molecule has 112 valence electrons. The summed E-state index contributed by atoms with van der Waals surface area (Å²) >= 11 is 0. The number of allylic oxidation sites excluding steroid dienone is 1. The van der Waals surface area contributed by atoms with Crippen LogP contribution in [0.3, 0.4) is 0 Å². The molecule has 5 nitrogen and oxygen atoms in total. The Morgan fingerprint density at radius 2 is 1.53 bits per heavy atom. The molecule has 1 aliphatic carbocycles. The van der Waals surface area contributed by atoms with Crippen LogP contribution in [-0.4, -0.2) is 32.8 Å². The van der Waals surface area contributed by atoms with Gasteiger partial charge in [0.25, 0.3) is 10.1 Å². The number of sulfone groups is 1. The molecule has 1 rings (SSSR count). The van der Waals surface area contributed by atoms with Gasteiger partial charge in [-0.15, -0.1) is 0 Å². The van der Waals surface area contributed by atoms with E-state index in [1.54, 1.807) is 0 Å². The zero-order chi connectivity index (χ0) is 14.9. The summed E-state index contributed by atoms with van der Waals surface area (Å²) in [7, 11) is -10.0. The summed E-state index contributed by atoms with van der Waals surface area (Å²) in [6.45, 7) is 0. The maximum Gasteiger partial charge on any atom is 0.427 e. The van der Waals surface area contributed by atoms with Gasteiger partial charge in [-0.05, 0) is 12.8 Å². The van der Waals surface area contributed by atoms with Gasteiger partial charge >= 0.3 is 6.18 Å². The first-order chi connectivity index (χ1) is 8.44. The maximum absolute atomic E-state index is 12.7. The minimum absolute atomic E-state index is 0.0568. The number of alkyl halides is 3. The molecule has 0 aromatic rings. The van der Waals surface area contributed by atoms with Crippen molar-refractivity contribution in [2.75, 3.05) is 0 Å². The van der Waals surface area contributed by atoms with Crippen LogP contribution >= 0.6 is 0 Å². The average Bonchev–Trinajstić information content (AvgIpc) is 2.24. The monoisotopic (exact) mass is 322 g/mol. The summed E-state index contributed by atoms with van der Waals surface area (Å²) in [5.41, 5.74) is 0. The fourth-order valence-corrected chi connectivity index (χ4v) is 4.93. The van der Waals surface area contributed by atoms with Crippen molar-refractivity contribution in [2.45, 2.75) is 43.5 Å². The normalized spacial score (nSPS) is 20.5. The molecular weight excluding hydrogens is 309 g/mol. The molecule has 1 saturated carbocycles. The predicted molar refractivity (Wildman–Crippen MR) is 61.5 cm³/mol. The molecule has 1 N–H and O–H groups in total. The molecule has 10 heteroatoms. The Hall–Kier alpha value is -0.610. The molecule has 1 aliphatic rings. The maximum atomic E-state index is 12.7. The van der Waals surface area contributed by atoms with Crippen molar-refractivity contribution in [1.82, 2.24) is 0 Å². The van der Waals surface area contributed by atoms with E-state index in [1.807, 2.05) is 0 Å². The van der Waals surface area contributed by atoms with Crippen molar-refractivity contribution in [1.29, 1.82) is 0 Å². The number of hydrogen-bond acceptors (Lipinski definition) is 4.